The predicted molar refractivity (Wildman–Crippen MR) is 73.8 cm³/mol. The van der Waals surface area contributed by atoms with Crippen LogP contribution in [0.2, 0.25) is 0 Å². The van der Waals surface area contributed by atoms with Crippen LogP contribution < -0.4 is 5.73 Å². The second-order valence-corrected chi connectivity index (χ2v) is 5.30. The highest BCUT2D eigenvalue weighted by Crippen LogP contribution is 2.30. The predicted octanol–water partition coefficient (Wildman–Crippen LogP) is 2.47. The summed E-state index contributed by atoms with van der Waals surface area (Å²) in [6.07, 6.45) is 3.87. The van der Waals surface area contributed by atoms with Crippen LogP contribution >= 0.6 is 12.4 Å². The first-order valence-electron chi connectivity index (χ1n) is 6.50. The van der Waals surface area contributed by atoms with E-state index in [0.717, 1.165) is 31.2 Å². The van der Waals surface area contributed by atoms with Gasteiger partial charge in [-0.3, -0.25) is 4.79 Å². The van der Waals surface area contributed by atoms with Gasteiger partial charge in [0.15, 0.2) is 0 Å². The van der Waals surface area contributed by atoms with Gasteiger partial charge in [-0.2, -0.15) is 0 Å². The Morgan fingerprint density at radius 2 is 1.89 bits per heavy atom. The molecule has 5 heteroatoms. The van der Waals surface area contributed by atoms with Crippen LogP contribution in [-0.2, 0) is 6.54 Å². The summed E-state index contributed by atoms with van der Waals surface area (Å²) in [5, 5.41) is 0. The van der Waals surface area contributed by atoms with E-state index in [9.17, 15) is 9.18 Å². The molecule has 1 heterocycles. The van der Waals surface area contributed by atoms with Gasteiger partial charge in [0, 0.05) is 24.2 Å². The third-order valence-corrected chi connectivity index (χ3v) is 4.08. The summed E-state index contributed by atoms with van der Waals surface area (Å²) in [5.74, 6) is -0.223. The van der Waals surface area contributed by atoms with Gasteiger partial charge in [0.05, 0.1) is 0 Å². The highest BCUT2D eigenvalue weighted by molar-refractivity contribution is 5.98. The number of halogens is 2. The number of carbonyl (C=O) groups excluding carboxylic acids is 1. The SMILES string of the molecule is Cl.NC1CCC(N2Cc3cc(F)ccc3C2=O)CC1. The Bertz CT molecular complexity index is 486. The van der Waals surface area contributed by atoms with Crippen LogP contribution in [0.15, 0.2) is 18.2 Å². The molecule has 19 heavy (non-hydrogen) atoms. The van der Waals surface area contributed by atoms with E-state index in [1.54, 1.807) is 6.07 Å². The van der Waals surface area contributed by atoms with Crippen LogP contribution in [0.25, 0.3) is 0 Å². The number of rotatable bonds is 1. The molecule has 0 saturated heterocycles. The molecule has 1 aliphatic heterocycles. The van der Waals surface area contributed by atoms with Crippen molar-refractivity contribution in [3.05, 3.63) is 35.1 Å². The summed E-state index contributed by atoms with van der Waals surface area (Å²) in [4.78, 5) is 14.1. The van der Waals surface area contributed by atoms with Crippen molar-refractivity contribution in [2.24, 2.45) is 5.73 Å². The van der Waals surface area contributed by atoms with Crippen LogP contribution in [0.1, 0.15) is 41.6 Å². The maximum atomic E-state index is 13.2. The molecule has 3 rings (SSSR count). The minimum absolute atomic E-state index is 0. The van der Waals surface area contributed by atoms with E-state index in [1.807, 2.05) is 4.90 Å². The Morgan fingerprint density at radius 3 is 2.58 bits per heavy atom. The lowest BCUT2D eigenvalue weighted by molar-refractivity contribution is 0.0652. The van der Waals surface area contributed by atoms with Gasteiger partial charge in [-0.1, -0.05) is 0 Å². The highest BCUT2D eigenvalue weighted by atomic mass is 35.5. The summed E-state index contributed by atoms with van der Waals surface area (Å²) in [5.41, 5.74) is 7.35. The average molecular weight is 285 g/mol. The largest absolute Gasteiger partial charge is 0.331 e. The van der Waals surface area contributed by atoms with Crippen molar-refractivity contribution in [3.63, 3.8) is 0 Å². The molecule has 104 valence electrons. The monoisotopic (exact) mass is 284 g/mol. The first-order chi connectivity index (χ1) is 8.65. The summed E-state index contributed by atoms with van der Waals surface area (Å²) >= 11 is 0. The van der Waals surface area contributed by atoms with Crippen molar-refractivity contribution < 1.29 is 9.18 Å². The Hall–Kier alpha value is -1.13. The molecule has 2 aliphatic rings. The van der Waals surface area contributed by atoms with E-state index in [1.165, 1.54) is 12.1 Å². The van der Waals surface area contributed by atoms with Crippen molar-refractivity contribution in [2.45, 2.75) is 44.3 Å². The molecule has 1 aromatic carbocycles. The molecule has 1 fully saturated rings. The summed E-state index contributed by atoms with van der Waals surface area (Å²) in [7, 11) is 0. The van der Waals surface area contributed by atoms with E-state index in [0.29, 0.717) is 12.1 Å². The number of nitrogens with two attached hydrogens (primary N) is 1. The van der Waals surface area contributed by atoms with Crippen molar-refractivity contribution in [2.75, 3.05) is 0 Å². The first kappa shape index (κ1) is 14.3. The number of hydrogen-bond acceptors (Lipinski definition) is 2. The van der Waals surface area contributed by atoms with Gasteiger partial charge in [-0.15, -0.1) is 12.4 Å². The lowest BCUT2D eigenvalue weighted by Gasteiger charge is -2.33. The lowest BCUT2D eigenvalue weighted by atomic mass is 9.91. The quantitative estimate of drug-likeness (QED) is 0.861. The summed E-state index contributed by atoms with van der Waals surface area (Å²) in [6.45, 7) is 0.547. The van der Waals surface area contributed by atoms with Crippen molar-refractivity contribution >= 4 is 18.3 Å². The Morgan fingerprint density at radius 1 is 1.21 bits per heavy atom. The standard InChI is InChI=1S/C14H17FN2O.ClH/c15-10-1-6-13-9(7-10)8-17(14(13)18)12-4-2-11(16)3-5-12;/h1,6-7,11-12H,2-5,8,16H2;1H. The van der Waals surface area contributed by atoms with Crippen LogP contribution in [0.4, 0.5) is 4.39 Å². The van der Waals surface area contributed by atoms with Crippen LogP contribution in [0.3, 0.4) is 0 Å². The topological polar surface area (TPSA) is 46.3 Å². The molecule has 1 aliphatic carbocycles. The maximum absolute atomic E-state index is 13.2. The second-order valence-electron chi connectivity index (χ2n) is 5.30. The zero-order chi connectivity index (χ0) is 12.7. The second kappa shape index (κ2) is 5.47. The number of hydrogen-bond donors (Lipinski definition) is 1. The molecule has 0 unspecified atom stereocenters. The Kier molecular flexibility index (Phi) is 4.11. The van der Waals surface area contributed by atoms with E-state index < -0.39 is 0 Å². The van der Waals surface area contributed by atoms with E-state index in [4.69, 9.17) is 5.73 Å². The maximum Gasteiger partial charge on any atom is 0.254 e. The van der Waals surface area contributed by atoms with Crippen LogP contribution in [0.5, 0.6) is 0 Å². The van der Waals surface area contributed by atoms with Gasteiger partial charge in [-0.05, 0) is 49.4 Å². The number of benzene rings is 1. The fourth-order valence-corrected chi connectivity index (χ4v) is 3.02. The molecule has 0 aromatic heterocycles. The van der Waals surface area contributed by atoms with Gasteiger partial charge >= 0.3 is 0 Å². The molecule has 0 atom stereocenters. The molecule has 1 saturated carbocycles. The highest BCUT2D eigenvalue weighted by Gasteiger charge is 2.34. The average Bonchev–Trinajstić information content (AvgIpc) is 2.67. The fourth-order valence-electron chi connectivity index (χ4n) is 3.02. The Labute approximate surface area is 118 Å². The number of nitrogens with zero attached hydrogens (tertiary/aromatic N) is 1. The molecule has 1 aromatic rings. The van der Waals surface area contributed by atoms with Crippen LogP contribution in [-0.4, -0.2) is 22.9 Å². The first-order valence-corrected chi connectivity index (χ1v) is 6.50. The van der Waals surface area contributed by atoms with Crippen molar-refractivity contribution in [3.8, 4) is 0 Å². The molecule has 0 spiro atoms. The van der Waals surface area contributed by atoms with Gasteiger partial charge in [0.2, 0.25) is 0 Å². The smallest absolute Gasteiger partial charge is 0.254 e. The van der Waals surface area contributed by atoms with Crippen LogP contribution in [0, 0.1) is 5.82 Å². The molecular formula is C14H18ClFN2O. The minimum Gasteiger partial charge on any atom is -0.331 e. The van der Waals surface area contributed by atoms with Gasteiger partial charge in [-0.25, -0.2) is 4.39 Å². The molecule has 2 N–H and O–H groups in total. The van der Waals surface area contributed by atoms with E-state index in [2.05, 4.69) is 0 Å². The molecular weight excluding hydrogens is 267 g/mol. The minimum atomic E-state index is -0.269. The molecule has 1 amide bonds. The fraction of sp³-hybridized carbons (Fsp3) is 0.500. The normalized spacial score (nSPS) is 26.0. The third-order valence-electron chi connectivity index (χ3n) is 4.08. The molecule has 3 nitrogen and oxygen atoms in total. The number of fused-ring (bicyclic) bond motifs is 1. The zero-order valence-electron chi connectivity index (χ0n) is 10.6. The van der Waals surface area contributed by atoms with Crippen molar-refractivity contribution in [1.82, 2.24) is 4.90 Å². The van der Waals surface area contributed by atoms with Gasteiger partial charge in [0.1, 0.15) is 5.82 Å². The summed E-state index contributed by atoms with van der Waals surface area (Å²) in [6, 6.07) is 4.98. The van der Waals surface area contributed by atoms with E-state index in [-0.39, 0.29) is 36.2 Å². The van der Waals surface area contributed by atoms with Gasteiger partial charge in [0.25, 0.3) is 5.91 Å². The molecule has 0 radical (unpaired) electrons. The summed E-state index contributed by atoms with van der Waals surface area (Å²) < 4.78 is 13.2. The molecule has 0 bridgehead atoms. The van der Waals surface area contributed by atoms with E-state index >= 15 is 0 Å². The number of carbonyl (C=O) groups is 1. The number of amides is 1. The van der Waals surface area contributed by atoms with Gasteiger partial charge < -0.3 is 10.6 Å². The lowest BCUT2D eigenvalue weighted by Crippen LogP contribution is -2.40. The Balaban J connectivity index is 0.00000133. The third kappa shape index (κ3) is 2.60. The zero-order valence-corrected chi connectivity index (χ0v) is 11.5. The van der Waals surface area contributed by atoms with Crippen molar-refractivity contribution in [1.29, 1.82) is 0 Å².